The van der Waals surface area contributed by atoms with Crippen molar-refractivity contribution in [2.75, 3.05) is 6.61 Å². The minimum absolute atomic E-state index is 0.0424. The summed E-state index contributed by atoms with van der Waals surface area (Å²) in [5.41, 5.74) is 4.17. The zero-order valence-electron chi connectivity index (χ0n) is 11.8. The number of halogens is 3. The van der Waals surface area contributed by atoms with Gasteiger partial charge in [0.2, 0.25) is 0 Å². The molecule has 0 atom stereocenters. The van der Waals surface area contributed by atoms with Gasteiger partial charge in [0.15, 0.2) is 6.61 Å². The van der Waals surface area contributed by atoms with E-state index in [-0.39, 0.29) is 20.6 Å². The third kappa shape index (κ3) is 4.61. The Kier molecular flexibility index (Phi) is 6.44. The van der Waals surface area contributed by atoms with E-state index < -0.39 is 24.4 Å². The number of rotatable bonds is 4. The van der Waals surface area contributed by atoms with Crippen LogP contribution in [0.1, 0.15) is 20.0 Å². The molecule has 24 heavy (non-hydrogen) atoms. The van der Waals surface area contributed by atoms with Gasteiger partial charge in [-0.1, -0.05) is 40.9 Å². The molecule has 2 rings (SSSR count). The van der Waals surface area contributed by atoms with Crippen LogP contribution in [0.3, 0.4) is 0 Å². The van der Waals surface area contributed by atoms with Gasteiger partial charge in [-0.2, -0.15) is 0 Å². The first-order valence-electron chi connectivity index (χ1n) is 6.33. The Bertz CT molecular complexity index is 781. The van der Waals surface area contributed by atoms with Crippen LogP contribution in [0, 0.1) is 0 Å². The molecule has 0 bridgehead atoms. The van der Waals surface area contributed by atoms with Crippen LogP contribution in [0.4, 0.5) is 0 Å². The number of hydrazine groups is 1. The number of thiophene rings is 1. The van der Waals surface area contributed by atoms with Crippen molar-refractivity contribution in [2.45, 2.75) is 0 Å². The van der Waals surface area contributed by atoms with Gasteiger partial charge >= 0.3 is 5.97 Å². The SMILES string of the molecule is O=C(COC(=O)c1c(Cl)ccc(Cl)c1Cl)NNC(=O)c1cccs1. The Hall–Kier alpha value is -1.80. The van der Waals surface area contributed by atoms with E-state index in [0.29, 0.717) is 4.88 Å². The maximum absolute atomic E-state index is 12.0. The van der Waals surface area contributed by atoms with E-state index in [9.17, 15) is 14.4 Å². The van der Waals surface area contributed by atoms with Gasteiger partial charge in [-0.25, -0.2) is 4.79 Å². The molecule has 0 unspecified atom stereocenters. The molecule has 0 radical (unpaired) electrons. The van der Waals surface area contributed by atoms with E-state index in [0.717, 1.165) is 0 Å². The molecule has 1 aromatic heterocycles. The lowest BCUT2D eigenvalue weighted by atomic mass is 10.2. The number of carbonyl (C=O) groups excluding carboxylic acids is 3. The van der Waals surface area contributed by atoms with E-state index in [2.05, 4.69) is 10.9 Å². The van der Waals surface area contributed by atoms with Crippen molar-refractivity contribution in [1.82, 2.24) is 10.9 Å². The van der Waals surface area contributed by atoms with Crippen LogP contribution in [0.5, 0.6) is 0 Å². The van der Waals surface area contributed by atoms with Crippen molar-refractivity contribution in [2.24, 2.45) is 0 Å². The molecular formula is C14H9Cl3N2O4S. The standard InChI is InChI=1S/C14H9Cl3N2O4S/c15-7-3-4-8(16)12(17)11(7)14(22)23-6-10(20)18-19-13(21)9-2-1-5-24-9/h1-5H,6H2,(H,18,20)(H,19,21). The van der Waals surface area contributed by atoms with Crippen molar-refractivity contribution in [3.05, 3.63) is 55.2 Å². The molecule has 0 aliphatic carbocycles. The number of hydrogen-bond donors (Lipinski definition) is 2. The Morgan fingerprint density at radius 2 is 1.75 bits per heavy atom. The van der Waals surface area contributed by atoms with Crippen LogP contribution in [0.2, 0.25) is 15.1 Å². The highest BCUT2D eigenvalue weighted by molar-refractivity contribution is 7.12. The zero-order valence-corrected chi connectivity index (χ0v) is 14.9. The minimum atomic E-state index is -0.910. The van der Waals surface area contributed by atoms with Crippen molar-refractivity contribution in [3.63, 3.8) is 0 Å². The second kappa shape index (κ2) is 8.34. The Morgan fingerprint density at radius 3 is 2.42 bits per heavy atom. The quantitative estimate of drug-likeness (QED) is 0.462. The summed E-state index contributed by atoms with van der Waals surface area (Å²) in [5.74, 6) is -2.12. The van der Waals surface area contributed by atoms with Gasteiger partial charge in [0.05, 0.1) is 25.5 Å². The molecule has 2 aromatic rings. The third-order valence-electron chi connectivity index (χ3n) is 2.64. The average molecular weight is 408 g/mol. The molecule has 1 heterocycles. The van der Waals surface area contributed by atoms with E-state index in [1.807, 2.05) is 0 Å². The smallest absolute Gasteiger partial charge is 0.341 e. The lowest BCUT2D eigenvalue weighted by Crippen LogP contribution is -2.43. The predicted octanol–water partition coefficient (Wildman–Crippen LogP) is 3.33. The number of nitrogens with one attached hydrogen (secondary N) is 2. The fourth-order valence-corrected chi connectivity index (χ4v) is 2.85. The van der Waals surface area contributed by atoms with Crippen molar-refractivity contribution >= 4 is 63.9 Å². The summed E-state index contributed by atoms with van der Waals surface area (Å²) in [6, 6.07) is 6.10. The summed E-state index contributed by atoms with van der Waals surface area (Å²) in [7, 11) is 0. The summed E-state index contributed by atoms with van der Waals surface area (Å²) >= 11 is 18.8. The number of esters is 1. The topological polar surface area (TPSA) is 84.5 Å². The summed E-state index contributed by atoms with van der Waals surface area (Å²) in [5, 5.41) is 1.82. The summed E-state index contributed by atoms with van der Waals surface area (Å²) in [6.07, 6.45) is 0. The van der Waals surface area contributed by atoms with Crippen molar-refractivity contribution in [3.8, 4) is 0 Å². The maximum atomic E-state index is 12.0. The molecule has 1 aromatic carbocycles. The molecule has 2 N–H and O–H groups in total. The summed E-state index contributed by atoms with van der Waals surface area (Å²) in [4.78, 5) is 35.6. The molecule has 0 aliphatic heterocycles. The van der Waals surface area contributed by atoms with Crippen LogP contribution >= 0.6 is 46.1 Å². The fourth-order valence-electron chi connectivity index (χ4n) is 1.55. The number of amides is 2. The molecule has 2 amide bonds. The van der Waals surface area contributed by atoms with Crippen LogP contribution in [-0.4, -0.2) is 24.4 Å². The highest BCUT2D eigenvalue weighted by Crippen LogP contribution is 2.31. The van der Waals surface area contributed by atoms with Crippen LogP contribution in [0.15, 0.2) is 29.6 Å². The molecule has 0 fully saturated rings. The predicted molar refractivity (Wildman–Crippen MR) is 91.7 cm³/mol. The first-order chi connectivity index (χ1) is 11.4. The molecule has 10 heteroatoms. The van der Waals surface area contributed by atoms with Crippen LogP contribution in [-0.2, 0) is 9.53 Å². The average Bonchev–Trinajstić information content (AvgIpc) is 3.09. The van der Waals surface area contributed by atoms with E-state index in [1.165, 1.54) is 23.5 Å². The molecule has 0 saturated heterocycles. The van der Waals surface area contributed by atoms with Crippen LogP contribution < -0.4 is 10.9 Å². The maximum Gasteiger partial charge on any atom is 0.341 e. The number of hydrogen-bond acceptors (Lipinski definition) is 5. The molecule has 0 saturated carbocycles. The van der Waals surface area contributed by atoms with Crippen molar-refractivity contribution in [1.29, 1.82) is 0 Å². The van der Waals surface area contributed by atoms with Gasteiger partial charge in [-0.05, 0) is 23.6 Å². The molecule has 126 valence electrons. The first kappa shape index (κ1) is 18.5. The fraction of sp³-hybridized carbons (Fsp3) is 0.0714. The third-order valence-corrected chi connectivity index (χ3v) is 4.63. The lowest BCUT2D eigenvalue weighted by molar-refractivity contribution is -0.125. The monoisotopic (exact) mass is 406 g/mol. The van der Waals surface area contributed by atoms with Gasteiger partial charge in [0.1, 0.15) is 0 Å². The zero-order chi connectivity index (χ0) is 17.7. The second-order valence-corrected chi connectivity index (χ2v) is 6.41. The molecule has 0 spiro atoms. The van der Waals surface area contributed by atoms with E-state index >= 15 is 0 Å². The van der Waals surface area contributed by atoms with E-state index in [4.69, 9.17) is 39.5 Å². The molecule has 0 aliphatic rings. The largest absolute Gasteiger partial charge is 0.452 e. The van der Waals surface area contributed by atoms with Gasteiger partial charge in [0.25, 0.3) is 11.8 Å². The first-order valence-corrected chi connectivity index (χ1v) is 8.35. The lowest BCUT2D eigenvalue weighted by Gasteiger charge is -2.09. The normalized spacial score (nSPS) is 10.1. The number of ether oxygens (including phenoxy) is 1. The highest BCUT2D eigenvalue weighted by atomic mass is 35.5. The number of carbonyl (C=O) groups is 3. The second-order valence-electron chi connectivity index (χ2n) is 4.27. The summed E-state index contributed by atoms with van der Waals surface area (Å²) < 4.78 is 4.80. The van der Waals surface area contributed by atoms with Gasteiger partial charge in [-0.3, -0.25) is 20.4 Å². The van der Waals surface area contributed by atoms with Crippen molar-refractivity contribution < 1.29 is 19.1 Å². The van der Waals surface area contributed by atoms with E-state index in [1.54, 1.807) is 17.5 Å². The Balaban J connectivity index is 1.87. The molecular weight excluding hydrogens is 399 g/mol. The molecule has 6 nitrogen and oxygen atoms in total. The summed E-state index contributed by atoms with van der Waals surface area (Å²) in [6.45, 7) is -0.636. The highest BCUT2D eigenvalue weighted by Gasteiger charge is 2.20. The van der Waals surface area contributed by atoms with Gasteiger partial charge < -0.3 is 4.74 Å². The minimum Gasteiger partial charge on any atom is -0.452 e. The Labute approximate surface area is 155 Å². The Morgan fingerprint density at radius 1 is 1.04 bits per heavy atom. The van der Waals surface area contributed by atoms with Crippen LogP contribution in [0.25, 0.3) is 0 Å². The van der Waals surface area contributed by atoms with Gasteiger partial charge in [0, 0.05) is 0 Å². The van der Waals surface area contributed by atoms with Gasteiger partial charge in [-0.15, -0.1) is 11.3 Å². The number of benzene rings is 1.